The number of ketones is 1. The summed E-state index contributed by atoms with van der Waals surface area (Å²) in [6.45, 7) is 3.83. The van der Waals surface area contributed by atoms with Crippen molar-refractivity contribution >= 4 is 11.7 Å². The van der Waals surface area contributed by atoms with Crippen LogP contribution in [0.4, 0.5) is 0 Å². The molecule has 5 nitrogen and oxygen atoms in total. The van der Waals surface area contributed by atoms with E-state index in [2.05, 4.69) is 10.6 Å². The molecule has 0 radical (unpaired) electrons. The van der Waals surface area contributed by atoms with Crippen molar-refractivity contribution in [2.45, 2.75) is 32.2 Å². The molecule has 0 aromatic heterocycles. The Morgan fingerprint density at radius 2 is 2.29 bits per heavy atom. The second-order valence-electron chi connectivity index (χ2n) is 5.29. The van der Waals surface area contributed by atoms with Gasteiger partial charge in [-0.15, -0.1) is 0 Å². The standard InChI is InChI=1S/C16H22N2O3/c1-12(19)13-4-2-5-15(10-13)21-9-3-6-16(20)18-14-7-8-17-11-14/h2,4-5,10,14,17H,3,6-9,11H2,1H3,(H,18,20). The van der Waals surface area contributed by atoms with E-state index in [0.717, 1.165) is 19.5 Å². The van der Waals surface area contributed by atoms with Crippen LogP contribution in [0.15, 0.2) is 24.3 Å². The summed E-state index contributed by atoms with van der Waals surface area (Å²) in [5.41, 5.74) is 0.638. The molecule has 1 atom stereocenters. The van der Waals surface area contributed by atoms with E-state index < -0.39 is 0 Å². The Kier molecular flexibility index (Phi) is 5.75. The molecule has 1 saturated heterocycles. The van der Waals surface area contributed by atoms with E-state index in [1.54, 1.807) is 18.2 Å². The van der Waals surface area contributed by atoms with Gasteiger partial charge in [0.1, 0.15) is 5.75 Å². The fourth-order valence-electron chi connectivity index (χ4n) is 2.31. The minimum absolute atomic E-state index is 0.0185. The molecule has 0 bridgehead atoms. The average Bonchev–Trinajstić information content (AvgIpc) is 2.97. The van der Waals surface area contributed by atoms with Crippen molar-refractivity contribution in [3.05, 3.63) is 29.8 Å². The van der Waals surface area contributed by atoms with Crippen LogP contribution in [0.25, 0.3) is 0 Å². The lowest BCUT2D eigenvalue weighted by atomic mass is 10.1. The van der Waals surface area contributed by atoms with Crippen LogP contribution in [0.1, 0.15) is 36.5 Å². The largest absolute Gasteiger partial charge is 0.494 e. The van der Waals surface area contributed by atoms with Gasteiger partial charge >= 0.3 is 0 Å². The molecule has 2 rings (SSSR count). The molecule has 1 aromatic carbocycles. The molecule has 0 aliphatic carbocycles. The van der Waals surface area contributed by atoms with Crippen molar-refractivity contribution in [1.29, 1.82) is 0 Å². The molecule has 1 aromatic rings. The normalized spacial score (nSPS) is 17.5. The van der Waals surface area contributed by atoms with Gasteiger partial charge in [0.15, 0.2) is 5.78 Å². The maximum Gasteiger partial charge on any atom is 0.220 e. The highest BCUT2D eigenvalue weighted by Crippen LogP contribution is 2.14. The summed E-state index contributed by atoms with van der Waals surface area (Å²) in [6.07, 6.45) is 2.12. The molecule has 21 heavy (non-hydrogen) atoms. The van der Waals surface area contributed by atoms with Crippen molar-refractivity contribution < 1.29 is 14.3 Å². The van der Waals surface area contributed by atoms with Gasteiger partial charge in [0.2, 0.25) is 5.91 Å². The zero-order valence-electron chi connectivity index (χ0n) is 12.4. The summed E-state index contributed by atoms with van der Waals surface area (Å²) in [6, 6.07) is 7.37. The SMILES string of the molecule is CC(=O)c1cccc(OCCCC(=O)NC2CCNC2)c1. The minimum Gasteiger partial charge on any atom is -0.494 e. The average molecular weight is 290 g/mol. The van der Waals surface area contributed by atoms with E-state index in [-0.39, 0.29) is 17.7 Å². The third-order valence-electron chi connectivity index (χ3n) is 3.48. The van der Waals surface area contributed by atoms with Gasteiger partial charge in [-0.1, -0.05) is 12.1 Å². The van der Waals surface area contributed by atoms with E-state index in [9.17, 15) is 9.59 Å². The number of benzene rings is 1. The fraction of sp³-hybridized carbons (Fsp3) is 0.500. The molecule has 0 spiro atoms. The van der Waals surface area contributed by atoms with Crippen LogP contribution in [0.5, 0.6) is 5.75 Å². The van der Waals surface area contributed by atoms with Gasteiger partial charge in [0.25, 0.3) is 0 Å². The van der Waals surface area contributed by atoms with Gasteiger partial charge in [0, 0.05) is 24.6 Å². The van der Waals surface area contributed by atoms with Crippen LogP contribution in [-0.2, 0) is 4.79 Å². The topological polar surface area (TPSA) is 67.4 Å². The molecular weight excluding hydrogens is 268 g/mol. The van der Waals surface area contributed by atoms with Crippen LogP contribution in [0.2, 0.25) is 0 Å². The lowest BCUT2D eigenvalue weighted by molar-refractivity contribution is -0.121. The predicted molar refractivity (Wildman–Crippen MR) is 80.6 cm³/mol. The lowest BCUT2D eigenvalue weighted by Gasteiger charge is -2.11. The molecule has 1 aliphatic rings. The Bertz CT molecular complexity index is 496. The van der Waals surface area contributed by atoms with Gasteiger partial charge in [-0.2, -0.15) is 0 Å². The van der Waals surface area contributed by atoms with E-state index in [1.807, 2.05) is 6.07 Å². The van der Waals surface area contributed by atoms with E-state index >= 15 is 0 Å². The van der Waals surface area contributed by atoms with Gasteiger partial charge in [-0.3, -0.25) is 9.59 Å². The zero-order valence-corrected chi connectivity index (χ0v) is 12.4. The van der Waals surface area contributed by atoms with Gasteiger partial charge in [0.05, 0.1) is 6.61 Å². The number of hydrogen-bond donors (Lipinski definition) is 2. The second kappa shape index (κ2) is 7.78. The highest BCUT2D eigenvalue weighted by Gasteiger charge is 2.16. The Morgan fingerprint density at radius 1 is 1.43 bits per heavy atom. The first kappa shape index (κ1) is 15.5. The Hall–Kier alpha value is -1.88. The molecule has 1 amide bonds. The van der Waals surface area contributed by atoms with Crippen molar-refractivity contribution in [3.63, 3.8) is 0 Å². The van der Waals surface area contributed by atoms with Gasteiger partial charge < -0.3 is 15.4 Å². The molecule has 114 valence electrons. The maximum atomic E-state index is 11.7. The van der Waals surface area contributed by atoms with Crippen molar-refractivity contribution in [2.24, 2.45) is 0 Å². The number of carbonyl (C=O) groups excluding carboxylic acids is 2. The van der Waals surface area contributed by atoms with Crippen molar-refractivity contribution in [3.8, 4) is 5.75 Å². The first-order chi connectivity index (χ1) is 10.1. The quantitative estimate of drug-likeness (QED) is 0.590. The summed E-state index contributed by atoms with van der Waals surface area (Å²) in [5.74, 6) is 0.762. The molecule has 1 aliphatic heterocycles. The number of Topliss-reactive ketones (excluding diaryl/α,β-unsaturated/α-hetero) is 1. The molecule has 1 fully saturated rings. The number of amides is 1. The van der Waals surface area contributed by atoms with Crippen LogP contribution < -0.4 is 15.4 Å². The van der Waals surface area contributed by atoms with Crippen LogP contribution in [-0.4, -0.2) is 37.4 Å². The lowest BCUT2D eigenvalue weighted by Crippen LogP contribution is -2.36. The number of carbonyl (C=O) groups is 2. The molecule has 2 N–H and O–H groups in total. The summed E-state index contributed by atoms with van der Waals surface area (Å²) in [5, 5.41) is 6.21. The molecule has 1 heterocycles. The fourth-order valence-corrected chi connectivity index (χ4v) is 2.31. The third-order valence-corrected chi connectivity index (χ3v) is 3.48. The van der Waals surface area contributed by atoms with Crippen molar-refractivity contribution in [2.75, 3.05) is 19.7 Å². The molecular formula is C16H22N2O3. The third kappa shape index (κ3) is 5.19. The van der Waals surface area contributed by atoms with Gasteiger partial charge in [-0.05, 0) is 38.4 Å². The second-order valence-corrected chi connectivity index (χ2v) is 5.29. The summed E-state index contributed by atoms with van der Waals surface area (Å²) in [4.78, 5) is 23.0. The zero-order chi connectivity index (χ0) is 15.1. The number of rotatable bonds is 7. The smallest absolute Gasteiger partial charge is 0.220 e. The Morgan fingerprint density at radius 3 is 3.00 bits per heavy atom. The first-order valence-corrected chi connectivity index (χ1v) is 7.39. The van der Waals surface area contributed by atoms with E-state index in [4.69, 9.17) is 4.74 Å². The highest BCUT2D eigenvalue weighted by atomic mass is 16.5. The summed E-state index contributed by atoms with van der Waals surface area (Å²) >= 11 is 0. The minimum atomic E-state index is 0.0185. The highest BCUT2D eigenvalue weighted by molar-refractivity contribution is 5.94. The Balaban J connectivity index is 1.66. The molecule has 5 heteroatoms. The van der Waals surface area contributed by atoms with Crippen LogP contribution in [0, 0.1) is 0 Å². The predicted octanol–water partition coefficient (Wildman–Crippen LogP) is 1.53. The summed E-state index contributed by atoms with van der Waals surface area (Å²) < 4.78 is 5.57. The number of nitrogens with one attached hydrogen (secondary N) is 2. The van der Waals surface area contributed by atoms with E-state index in [0.29, 0.717) is 30.8 Å². The Labute approximate surface area is 125 Å². The monoisotopic (exact) mass is 290 g/mol. The van der Waals surface area contributed by atoms with Crippen LogP contribution in [0.3, 0.4) is 0 Å². The number of hydrogen-bond acceptors (Lipinski definition) is 4. The van der Waals surface area contributed by atoms with E-state index in [1.165, 1.54) is 6.92 Å². The van der Waals surface area contributed by atoms with Gasteiger partial charge in [-0.25, -0.2) is 0 Å². The molecule has 0 saturated carbocycles. The number of ether oxygens (including phenoxy) is 1. The summed E-state index contributed by atoms with van der Waals surface area (Å²) in [7, 11) is 0. The van der Waals surface area contributed by atoms with Crippen molar-refractivity contribution in [1.82, 2.24) is 10.6 Å². The maximum absolute atomic E-state index is 11.7. The first-order valence-electron chi connectivity index (χ1n) is 7.39. The molecule has 1 unspecified atom stereocenters. The van der Waals surface area contributed by atoms with Crippen LogP contribution >= 0.6 is 0 Å².